The Bertz CT molecular complexity index is 157. The molecule has 0 saturated carbocycles. The topological polar surface area (TPSA) is 42.2 Å². The number of anilines is 1. The molecule has 3 nitrogen and oxygen atoms in total. The Hall–Kier alpha value is -1.25. The van der Waals surface area contributed by atoms with Crippen LogP contribution in [0.4, 0.5) is 5.88 Å². The van der Waals surface area contributed by atoms with E-state index in [-0.39, 0.29) is 0 Å². The van der Waals surface area contributed by atoms with Crippen LogP contribution < -0.4 is 5.32 Å². The van der Waals surface area contributed by atoms with Gasteiger partial charge in [0.05, 0.1) is 6.26 Å². The van der Waals surface area contributed by atoms with Crippen LogP contribution in [0.15, 0.2) is 22.8 Å². The predicted octanol–water partition coefficient (Wildman–Crippen LogP) is 0.759. The van der Waals surface area contributed by atoms with Gasteiger partial charge in [0.15, 0.2) is 5.88 Å². The molecule has 0 aliphatic carbocycles. The van der Waals surface area contributed by atoms with E-state index in [1.165, 1.54) is 12.7 Å². The Morgan fingerprint density at radius 1 is 1.75 bits per heavy atom. The zero-order chi connectivity index (χ0) is 5.82. The summed E-state index contributed by atoms with van der Waals surface area (Å²) in [4.78, 5) is 9.58. The number of hydrogen-bond donors (Lipinski definition) is 1. The summed E-state index contributed by atoms with van der Waals surface area (Å²) in [5, 5.41) is 2.22. The van der Waals surface area contributed by atoms with Crippen molar-refractivity contribution in [3.05, 3.63) is 18.4 Å². The van der Waals surface area contributed by atoms with Crippen molar-refractivity contribution in [2.45, 2.75) is 0 Å². The molecule has 0 bridgehead atoms. The van der Waals surface area contributed by atoms with E-state index in [0.29, 0.717) is 5.88 Å². The molecule has 0 unspecified atom stereocenters. The Labute approximate surface area is 46.3 Å². The van der Waals surface area contributed by atoms with Gasteiger partial charge in [-0.05, 0) is 6.07 Å². The number of nitrogens with one attached hydrogen (secondary N) is 1. The first-order chi connectivity index (χ1) is 3.93. The summed E-state index contributed by atoms with van der Waals surface area (Å²) in [7, 11) is 0. The minimum Gasteiger partial charge on any atom is -0.449 e. The molecule has 1 aromatic rings. The molecular weight excluding hydrogens is 106 g/mol. The lowest BCUT2D eigenvalue weighted by Gasteiger charge is -1.83. The number of carbonyl (C=O) groups excluding carboxylic acids is 1. The molecule has 1 N–H and O–H groups in total. The van der Waals surface area contributed by atoms with Crippen molar-refractivity contribution in [1.29, 1.82) is 0 Å². The molecule has 0 aromatic carbocycles. The minimum absolute atomic E-state index is 0.417. The van der Waals surface area contributed by atoms with Crippen LogP contribution in [-0.4, -0.2) is 6.41 Å². The summed E-state index contributed by atoms with van der Waals surface area (Å²) in [6.45, 7) is 0. The lowest BCUT2D eigenvalue weighted by atomic mass is 10.6. The van der Waals surface area contributed by atoms with Crippen LogP contribution in [-0.2, 0) is 4.79 Å². The Kier molecular flexibility index (Phi) is 1.32. The summed E-state index contributed by atoms with van der Waals surface area (Å²) in [6.07, 6.45) is 2.95. The van der Waals surface area contributed by atoms with Crippen molar-refractivity contribution in [2.24, 2.45) is 0 Å². The van der Waals surface area contributed by atoms with Gasteiger partial charge in [-0.3, -0.25) is 10.1 Å². The maximum atomic E-state index is 9.58. The number of amides is 1. The van der Waals surface area contributed by atoms with Crippen molar-refractivity contribution in [2.75, 3.05) is 5.32 Å². The van der Waals surface area contributed by atoms with Crippen LogP contribution in [0.3, 0.4) is 0 Å². The molecule has 0 saturated heterocycles. The zero-order valence-corrected chi connectivity index (χ0v) is 4.05. The van der Waals surface area contributed by atoms with Gasteiger partial charge in [-0.2, -0.15) is 0 Å². The number of furan rings is 1. The Balaban J connectivity index is 2.62. The molecule has 1 aromatic heterocycles. The minimum atomic E-state index is 0.417. The summed E-state index contributed by atoms with van der Waals surface area (Å²) in [5.41, 5.74) is 0. The van der Waals surface area contributed by atoms with Gasteiger partial charge in [0.1, 0.15) is 0 Å². The quantitative estimate of drug-likeness (QED) is 0.571. The molecule has 8 heavy (non-hydrogen) atoms. The third-order valence-electron chi connectivity index (χ3n) is 0.695. The summed E-state index contributed by atoms with van der Waals surface area (Å²) < 4.78 is 4.70. The van der Waals surface area contributed by atoms with Crippen molar-refractivity contribution in [3.63, 3.8) is 0 Å². The van der Waals surface area contributed by atoms with E-state index < -0.39 is 0 Å². The first kappa shape index (κ1) is 4.90. The summed E-state index contributed by atoms with van der Waals surface area (Å²) >= 11 is 0. The average Bonchev–Trinajstić information content (AvgIpc) is 2.19. The van der Waals surface area contributed by atoms with Crippen LogP contribution in [0.25, 0.3) is 0 Å². The highest BCUT2D eigenvalue weighted by Gasteiger charge is 1.87. The van der Waals surface area contributed by atoms with Crippen molar-refractivity contribution in [1.82, 2.24) is 0 Å². The van der Waals surface area contributed by atoms with Gasteiger partial charge < -0.3 is 4.42 Å². The van der Waals surface area contributed by atoms with Crippen molar-refractivity contribution in [3.8, 4) is 0 Å². The van der Waals surface area contributed by atoms with E-state index in [9.17, 15) is 4.79 Å². The standard InChI is InChI=1S/C5H4NO2/c7-4-6-5-2-1-3-8-5/h1-3H,(H,6,7). The van der Waals surface area contributed by atoms with E-state index in [1.54, 1.807) is 12.1 Å². The predicted molar refractivity (Wildman–Crippen MR) is 28.0 cm³/mol. The summed E-state index contributed by atoms with van der Waals surface area (Å²) in [6, 6.07) is 3.31. The van der Waals surface area contributed by atoms with Crippen LogP contribution >= 0.6 is 0 Å². The lowest BCUT2D eigenvalue weighted by molar-refractivity contribution is 0.552. The monoisotopic (exact) mass is 110 g/mol. The first-order valence-electron chi connectivity index (χ1n) is 2.10. The average molecular weight is 110 g/mol. The van der Waals surface area contributed by atoms with Crippen LogP contribution in [0.1, 0.15) is 0 Å². The number of rotatable bonds is 2. The molecule has 0 fully saturated rings. The fourth-order valence-electron chi connectivity index (χ4n) is 0.400. The second kappa shape index (κ2) is 2.16. The third kappa shape index (κ3) is 0.872. The molecule has 0 spiro atoms. The molecule has 1 amide bonds. The maximum Gasteiger partial charge on any atom is 0.316 e. The molecule has 1 radical (unpaired) electrons. The molecule has 0 aliphatic heterocycles. The van der Waals surface area contributed by atoms with Crippen molar-refractivity contribution < 1.29 is 9.21 Å². The van der Waals surface area contributed by atoms with Crippen LogP contribution in [0.5, 0.6) is 0 Å². The first-order valence-corrected chi connectivity index (χ1v) is 2.10. The van der Waals surface area contributed by atoms with E-state index in [1.807, 2.05) is 0 Å². The van der Waals surface area contributed by atoms with Gasteiger partial charge in [-0.25, -0.2) is 0 Å². The highest BCUT2D eigenvalue weighted by Crippen LogP contribution is 2.03. The SMILES string of the molecule is O=[C]Nc1ccco1. The van der Waals surface area contributed by atoms with Gasteiger partial charge >= 0.3 is 6.41 Å². The second-order valence-electron chi connectivity index (χ2n) is 1.20. The third-order valence-corrected chi connectivity index (χ3v) is 0.695. The van der Waals surface area contributed by atoms with Crippen LogP contribution in [0, 0.1) is 0 Å². The molecule has 41 valence electrons. The summed E-state index contributed by atoms with van der Waals surface area (Å²) in [5.74, 6) is 0.417. The van der Waals surface area contributed by atoms with Gasteiger partial charge in [0.25, 0.3) is 0 Å². The highest BCUT2D eigenvalue weighted by molar-refractivity contribution is 5.68. The highest BCUT2D eigenvalue weighted by atomic mass is 16.3. The number of hydrogen-bond acceptors (Lipinski definition) is 2. The van der Waals surface area contributed by atoms with Crippen molar-refractivity contribution >= 4 is 12.3 Å². The fourth-order valence-corrected chi connectivity index (χ4v) is 0.400. The Morgan fingerprint density at radius 2 is 2.62 bits per heavy atom. The zero-order valence-electron chi connectivity index (χ0n) is 4.05. The lowest BCUT2D eigenvalue weighted by Crippen LogP contribution is -1.89. The molecule has 0 atom stereocenters. The molecule has 1 heterocycles. The van der Waals surface area contributed by atoms with Gasteiger partial charge in [0, 0.05) is 6.07 Å². The largest absolute Gasteiger partial charge is 0.449 e. The molecule has 3 heteroatoms. The molecular formula is C5H4NO2. The molecule has 0 aliphatic rings. The van der Waals surface area contributed by atoms with E-state index in [4.69, 9.17) is 4.42 Å². The van der Waals surface area contributed by atoms with Gasteiger partial charge in [0.2, 0.25) is 0 Å². The normalized spacial score (nSPS) is 8.50. The van der Waals surface area contributed by atoms with E-state index in [2.05, 4.69) is 5.32 Å². The van der Waals surface area contributed by atoms with Gasteiger partial charge in [-0.15, -0.1) is 0 Å². The maximum absolute atomic E-state index is 9.58. The van der Waals surface area contributed by atoms with Gasteiger partial charge in [-0.1, -0.05) is 0 Å². The van der Waals surface area contributed by atoms with Crippen LogP contribution in [0.2, 0.25) is 0 Å². The smallest absolute Gasteiger partial charge is 0.316 e. The molecule has 1 rings (SSSR count). The second-order valence-corrected chi connectivity index (χ2v) is 1.20. The Morgan fingerprint density at radius 3 is 3.12 bits per heavy atom. The van der Waals surface area contributed by atoms with E-state index >= 15 is 0 Å². The fraction of sp³-hybridized carbons (Fsp3) is 0. The van der Waals surface area contributed by atoms with E-state index in [0.717, 1.165) is 0 Å².